The molecule has 84 valence electrons. The Morgan fingerprint density at radius 2 is 1.87 bits per heavy atom. The SMILES string of the molecule is CCOC(=O)[C@@H](CC)n1c(=O)ssc1=O. The Balaban J connectivity index is 3.08. The standard InChI is InChI=1S/C8H11NO4S2/c1-3-5(6(10)13-4-2)9-7(11)14-15-8(9)12/h5H,3-4H2,1-2H3/t5-/m1/s1. The first-order valence-corrected chi connectivity index (χ1v) is 6.65. The second kappa shape index (κ2) is 5.22. The molecule has 1 aromatic rings. The molecule has 1 heterocycles. The van der Waals surface area contributed by atoms with Crippen molar-refractivity contribution in [3.05, 3.63) is 19.3 Å². The molecule has 7 heteroatoms. The number of ether oxygens (including phenoxy) is 1. The molecule has 0 amide bonds. The maximum Gasteiger partial charge on any atom is 0.329 e. The highest BCUT2D eigenvalue weighted by molar-refractivity contribution is 7.67. The van der Waals surface area contributed by atoms with E-state index < -0.39 is 21.8 Å². The third kappa shape index (κ3) is 2.54. The van der Waals surface area contributed by atoms with Gasteiger partial charge >= 0.3 is 15.7 Å². The van der Waals surface area contributed by atoms with Crippen LogP contribution in [-0.4, -0.2) is 17.1 Å². The summed E-state index contributed by atoms with van der Waals surface area (Å²) in [5.74, 6) is -0.523. The molecule has 1 rings (SSSR count). The van der Waals surface area contributed by atoms with Crippen LogP contribution in [0.2, 0.25) is 0 Å². The molecule has 0 bridgehead atoms. The fourth-order valence-electron chi connectivity index (χ4n) is 1.17. The smallest absolute Gasteiger partial charge is 0.329 e. The highest BCUT2D eigenvalue weighted by Gasteiger charge is 2.23. The summed E-state index contributed by atoms with van der Waals surface area (Å²) in [5.41, 5.74) is 0. The summed E-state index contributed by atoms with van der Waals surface area (Å²) in [6, 6.07) is -0.785. The van der Waals surface area contributed by atoms with E-state index in [1.807, 2.05) is 0 Å². The lowest BCUT2D eigenvalue weighted by Crippen LogP contribution is -2.34. The van der Waals surface area contributed by atoms with E-state index in [9.17, 15) is 14.4 Å². The van der Waals surface area contributed by atoms with Gasteiger partial charge in [0.15, 0.2) is 0 Å². The van der Waals surface area contributed by atoms with Crippen LogP contribution in [0.5, 0.6) is 0 Å². The number of carbonyl (C=O) groups is 1. The molecular formula is C8H11NO4S2. The molecule has 0 saturated carbocycles. The van der Waals surface area contributed by atoms with Gasteiger partial charge in [0.1, 0.15) is 6.04 Å². The molecule has 0 N–H and O–H groups in total. The molecule has 0 aliphatic carbocycles. The molecular weight excluding hydrogens is 238 g/mol. The van der Waals surface area contributed by atoms with Gasteiger partial charge in [0.25, 0.3) is 0 Å². The molecule has 15 heavy (non-hydrogen) atoms. The van der Waals surface area contributed by atoms with Gasteiger partial charge in [0, 0.05) is 0 Å². The van der Waals surface area contributed by atoms with Gasteiger partial charge in [-0.2, -0.15) is 0 Å². The second-order valence-electron chi connectivity index (χ2n) is 2.74. The minimum atomic E-state index is -0.785. The van der Waals surface area contributed by atoms with Crippen molar-refractivity contribution in [1.29, 1.82) is 0 Å². The van der Waals surface area contributed by atoms with Crippen LogP contribution in [0, 0.1) is 0 Å². The number of hydrogen-bond donors (Lipinski definition) is 0. The quantitative estimate of drug-likeness (QED) is 0.586. The van der Waals surface area contributed by atoms with E-state index in [-0.39, 0.29) is 6.61 Å². The third-order valence-electron chi connectivity index (χ3n) is 1.83. The van der Waals surface area contributed by atoms with Crippen molar-refractivity contribution in [3.63, 3.8) is 0 Å². The maximum atomic E-state index is 11.5. The maximum absolute atomic E-state index is 11.5. The molecule has 0 fully saturated rings. The van der Waals surface area contributed by atoms with E-state index in [1.54, 1.807) is 13.8 Å². The molecule has 0 unspecified atom stereocenters. The van der Waals surface area contributed by atoms with Crippen molar-refractivity contribution >= 4 is 26.7 Å². The molecule has 1 aromatic heterocycles. The topological polar surface area (TPSA) is 65.4 Å². The summed E-state index contributed by atoms with van der Waals surface area (Å²) in [5, 5.41) is 0. The van der Waals surface area contributed by atoms with Gasteiger partial charge in [-0.1, -0.05) is 6.92 Å². The van der Waals surface area contributed by atoms with Crippen molar-refractivity contribution in [2.75, 3.05) is 6.61 Å². The lowest BCUT2D eigenvalue weighted by Gasteiger charge is -2.12. The third-order valence-corrected chi connectivity index (χ3v) is 3.70. The molecule has 0 spiro atoms. The van der Waals surface area contributed by atoms with Crippen LogP contribution in [0.1, 0.15) is 26.3 Å². The summed E-state index contributed by atoms with van der Waals surface area (Å²) >= 11 is 0. The molecule has 0 aromatic carbocycles. The van der Waals surface area contributed by atoms with Crippen LogP contribution in [-0.2, 0) is 9.53 Å². The zero-order chi connectivity index (χ0) is 11.4. The lowest BCUT2D eigenvalue weighted by molar-refractivity contribution is -0.147. The predicted molar refractivity (Wildman–Crippen MR) is 58.7 cm³/mol. The van der Waals surface area contributed by atoms with Crippen LogP contribution >= 0.6 is 20.7 Å². The van der Waals surface area contributed by atoms with Crippen LogP contribution in [0.4, 0.5) is 0 Å². The highest BCUT2D eigenvalue weighted by Crippen LogP contribution is 2.10. The molecule has 0 aliphatic heterocycles. The van der Waals surface area contributed by atoms with Crippen molar-refractivity contribution in [2.24, 2.45) is 0 Å². The predicted octanol–water partition coefficient (Wildman–Crippen LogP) is 0.846. The fraction of sp³-hybridized carbons (Fsp3) is 0.625. The van der Waals surface area contributed by atoms with Gasteiger partial charge < -0.3 is 4.74 Å². The highest BCUT2D eigenvalue weighted by atomic mass is 32.9. The van der Waals surface area contributed by atoms with Gasteiger partial charge in [-0.3, -0.25) is 9.59 Å². The van der Waals surface area contributed by atoms with E-state index in [0.29, 0.717) is 6.42 Å². The van der Waals surface area contributed by atoms with Gasteiger partial charge in [-0.25, -0.2) is 9.36 Å². The lowest BCUT2D eigenvalue weighted by atomic mass is 10.2. The van der Waals surface area contributed by atoms with E-state index >= 15 is 0 Å². The number of carbonyl (C=O) groups excluding carboxylic acids is 1. The minimum Gasteiger partial charge on any atom is -0.464 e. The number of aromatic nitrogens is 1. The molecule has 0 aliphatic rings. The number of hydrogen-bond acceptors (Lipinski definition) is 6. The Labute approximate surface area is 93.3 Å². The van der Waals surface area contributed by atoms with Crippen molar-refractivity contribution in [3.8, 4) is 0 Å². The molecule has 0 radical (unpaired) electrons. The van der Waals surface area contributed by atoms with Gasteiger partial charge in [0.05, 0.1) is 6.61 Å². The van der Waals surface area contributed by atoms with Gasteiger partial charge in [-0.05, 0) is 34.0 Å². The van der Waals surface area contributed by atoms with Crippen LogP contribution in [0.15, 0.2) is 9.59 Å². The van der Waals surface area contributed by atoms with E-state index in [0.717, 1.165) is 25.2 Å². The summed E-state index contributed by atoms with van der Waals surface area (Å²) in [4.78, 5) is 33.3. The first-order valence-electron chi connectivity index (χ1n) is 4.50. The summed E-state index contributed by atoms with van der Waals surface area (Å²) in [7, 11) is 1.68. The summed E-state index contributed by atoms with van der Waals surface area (Å²) in [6.07, 6.45) is 0.372. The Morgan fingerprint density at radius 1 is 1.33 bits per heavy atom. The molecule has 5 nitrogen and oxygen atoms in total. The van der Waals surface area contributed by atoms with Crippen molar-refractivity contribution < 1.29 is 9.53 Å². The van der Waals surface area contributed by atoms with Gasteiger partial charge in [0.2, 0.25) is 0 Å². The Kier molecular flexibility index (Phi) is 4.22. The number of rotatable bonds is 4. The second-order valence-corrected chi connectivity index (χ2v) is 4.78. The minimum absolute atomic E-state index is 0.242. The Bertz CT molecular complexity index is 416. The fourth-order valence-corrected chi connectivity index (χ4v) is 2.86. The van der Waals surface area contributed by atoms with Crippen molar-refractivity contribution in [2.45, 2.75) is 26.3 Å². The number of esters is 1. The summed E-state index contributed by atoms with van der Waals surface area (Å²) < 4.78 is 5.77. The largest absolute Gasteiger partial charge is 0.464 e. The monoisotopic (exact) mass is 249 g/mol. The van der Waals surface area contributed by atoms with Crippen molar-refractivity contribution in [1.82, 2.24) is 4.57 Å². The zero-order valence-corrected chi connectivity index (χ0v) is 10.0. The first-order chi connectivity index (χ1) is 7.11. The van der Waals surface area contributed by atoms with E-state index in [4.69, 9.17) is 4.74 Å². The van der Waals surface area contributed by atoms with E-state index in [2.05, 4.69) is 0 Å². The Hall–Kier alpha value is -0.950. The molecule has 1 atom stereocenters. The van der Waals surface area contributed by atoms with Gasteiger partial charge in [-0.15, -0.1) is 0 Å². The van der Waals surface area contributed by atoms with Crippen LogP contribution in [0.25, 0.3) is 0 Å². The first kappa shape index (κ1) is 12.1. The molecule has 0 saturated heterocycles. The average Bonchev–Trinajstić information content (AvgIpc) is 2.51. The number of nitrogens with zero attached hydrogens (tertiary/aromatic N) is 1. The van der Waals surface area contributed by atoms with E-state index in [1.165, 1.54) is 0 Å². The normalized spacial score (nSPS) is 12.4. The zero-order valence-electron chi connectivity index (χ0n) is 8.39. The van der Waals surface area contributed by atoms with Crippen LogP contribution in [0.3, 0.4) is 0 Å². The summed E-state index contributed by atoms with van der Waals surface area (Å²) in [6.45, 7) is 3.66. The average molecular weight is 249 g/mol. The Morgan fingerprint density at radius 3 is 2.27 bits per heavy atom. The van der Waals surface area contributed by atoms with Crippen LogP contribution < -0.4 is 9.75 Å².